The van der Waals surface area contributed by atoms with E-state index in [1.165, 1.54) is 28.4 Å². The minimum absolute atomic E-state index is 0.0117. The Morgan fingerprint density at radius 2 is 1.75 bits per heavy atom. The van der Waals surface area contributed by atoms with Gasteiger partial charge in [0.05, 0.1) is 17.6 Å². The average molecular weight is 457 g/mol. The minimum Gasteiger partial charge on any atom is -0.452 e. The summed E-state index contributed by atoms with van der Waals surface area (Å²) in [4.78, 5) is 25.6. The predicted octanol–water partition coefficient (Wildman–Crippen LogP) is 2.80. The Hall–Kier alpha value is -3.42. The van der Waals surface area contributed by atoms with E-state index in [0.29, 0.717) is 24.2 Å². The van der Waals surface area contributed by atoms with Crippen molar-refractivity contribution in [3.05, 3.63) is 54.1 Å². The van der Waals surface area contributed by atoms with E-state index >= 15 is 0 Å². The first-order valence-electron chi connectivity index (χ1n) is 10.00. The van der Waals surface area contributed by atoms with Gasteiger partial charge in [0, 0.05) is 37.4 Å². The molecule has 0 spiro atoms. The van der Waals surface area contributed by atoms with Gasteiger partial charge in [-0.2, -0.15) is 9.57 Å². The third-order valence-corrected chi connectivity index (χ3v) is 7.38. The highest BCUT2D eigenvalue weighted by Crippen LogP contribution is 2.27. The van der Waals surface area contributed by atoms with Crippen molar-refractivity contribution in [2.24, 2.45) is 5.92 Å². The molecule has 1 heterocycles. The molecule has 3 rings (SSSR count). The van der Waals surface area contributed by atoms with Gasteiger partial charge in [-0.05, 0) is 49.2 Å². The number of ether oxygens (including phenoxy) is 1. The number of rotatable bonds is 5. The smallest absolute Gasteiger partial charge is 0.413 e. The number of amides is 2. The van der Waals surface area contributed by atoms with Crippen LogP contribution in [-0.4, -0.2) is 52.0 Å². The Bertz CT molecular complexity index is 1130. The van der Waals surface area contributed by atoms with Gasteiger partial charge in [0.1, 0.15) is 6.07 Å². The molecule has 1 aliphatic heterocycles. The van der Waals surface area contributed by atoms with Gasteiger partial charge in [-0.25, -0.2) is 13.2 Å². The van der Waals surface area contributed by atoms with E-state index in [4.69, 9.17) is 0 Å². The zero-order valence-corrected chi connectivity index (χ0v) is 18.6. The molecule has 0 bridgehead atoms. The monoisotopic (exact) mass is 456 g/mol. The molecule has 2 aromatic rings. The Kier molecular flexibility index (Phi) is 7.12. The highest BCUT2D eigenvalue weighted by Gasteiger charge is 2.33. The number of carbonyl (C=O) groups excluding carboxylic acids is 2. The third kappa shape index (κ3) is 4.90. The summed E-state index contributed by atoms with van der Waals surface area (Å²) < 4.78 is 31.8. The zero-order chi connectivity index (χ0) is 23.3. The molecule has 10 heteroatoms. The quantitative estimate of drug-likeness (QED) is 0.739. The normalized spacial score (nSPS) is 14.9. The van der Waals surface area contributed by atoms with Crippen LogP contribution in [0.1, 0.15) is 18.4 Å². The van der Waals surface area contributed by atoms with Crippen LogP contribution < -0.4 is 10.2 Å². The second-order valence-corrected chi connectivity index (χ2v) is 9.26. The van der Waals surface area contributed by atoms with Crippen LogP contribution in [0.3, 0.4) is 0 Å². The van der Waals surface area contributed by atoms with Crippen LogP contribution in [0.2, 0.25) is 0 Å². The molecule has 1 aliphatic rings. The minimum atomic E-state index is -3.80. The van der Waals surface area contributed by atoms with E-state index in [2.05, 4.69) is 10.1 Å². The molecule has 0 aromatic heterocycles. The number of nitriles is 1. The van der Waals surface area contributed by atoms with E-state index in [9.17, 15) is 23.3 Å². The molecule has 2 aromatic carbocycles. The first-order chi connectivity index (χ1) is 15.3. The van der Waals surface area contributed by atoms with Crippen molar-refractivity contribution in [2.45, 2.75) is 17.7 Å². The number of nitrogens with one attached hydrogen (secondary N) is 1. The van der Waals surface area contributed by atoms with Crippen molar-refractivity contribution < 1.29 is 22.7 Å². The Balaban J connectivity index is 1.60. The molecule has 0 atom stereocenters. The fourth-order valence-electron chi connectivity index (χ4n) is 3.54. The molecule has 0 saturated carbocycles. The number of piperidine rings is 1. The maximum absolute atomic E-state index is 12.9. The summed E-state index contributed by atoms with van der Waals surface area (Å²) in [5, 5.41) is 12.1. The number of anilines is 2. The molecule has 0 radical (unpaired) electrons. The van der Waals surface area contributed by atoms with Gasteiger partial charge in [0.15, 0.2) is 0 Å². The molecule has 1 N–H and O–H groups in total. The van der Waals surface area contributed by atoms with Crippen LogP contribution >= 0.6 is 0 Å². The molecular formula is C22H24N4O5S. The van der Waals surface area contributed by atoms with Gasteiger partial charge < -0.3 is 10.1 Å². The van der Waals surface area contributed by atoms with Gasteiger partial charge in [-0.1, -0.05) is 12.1 Å². The maximum Gasteiger partial charge on any atom is 0.413 e. The molecule has 168 valence electrons. The summed E-state index contributed by atoms with van der Waals surface area (Å²) in [6.45, 7) is 0.395. The lowest BCUT2D eigenvalue weighted by Gasteiger charge is -2.30. The molecular weight excluding hydrogens is 432 g/mol. The summed E-state index contributed by atoms with van der Waals surface area (Å²) in [6, 6.07) is 14.8. The van der Waals surface area contributed by atoms with Crippen molar-refractivity contribution in [2.75, 3.05) is 37.5 Å². The average Bonchev–Trinajstić information content (AvgIpc) is 2.83. The van der Waals surface area contributed by atoms with Crippen LogP contribution in [0.5, 0.6) is 0 Å². The molecule has 0 unspecified atom stereocenters. The Morgan fingerprint density at radius 3 is 2.34 bits per heavy atom. The number of hydrogen-bond acceptors (Lipinski definition) is 6. The highest BCUT2D eigenvalue weighted by atomic mass is 32.2. The summed E-state index contributed by atoms with van der Waals surface area (Å²) in [5.74, 6) is -0.515. The second kappa shape index (κ2) is 9.80. The summed E-state index contributed by atoms with van der Waals surface area (Å²) in [6.07, 6.45) is 0.257. The van der Waals surface area contributed by atoms with E-state index in [0.717, 1.165) is 0 Å². The summed E-state index contributed by atoms with van der Waals surface area (Å²) in [7, 11) is -0.921. The molecule has 1 saturated heterocycles. The zero-order valence-electron chi connectivity index (χ0n) is 17.8. The van der Waals surface area contributed by atoms with Crippen molar-refractivity contribution in [3.63, 3.8) is 0 Å². The lowest BCUT2D eigenvalue weighted by Crippen LogP contribution is -2.41. The van der Waals surface area contributed by atoms with Crippen LogP contribution in [0.4, 0.5) is 16.2 Å². The maximum atomic E-state index is 12.9. The molecule has 32 heavy (non-hydrogen) atoms. The molecule has 1 fully saturated rings. The fraction of sp³-hybridized carbons (Fsp3) is 0.318. The van der Waals surface area contributed by atoms with Crippen LogP contribution in [-0.2, 0) is 19.6 Å². The van der Waals surface area contributed by atoms with Gasteiger partial charge in [0.2, 0.25) is 15.9 Å². The lowest BCUT2D eigenvalue weighted by atomic mass is 9.97. The lowest BCUT2D eigenvalue weighted by molar-refractivity contribution is -0.120. The largest absolute Gasteiger partial charge is 0.452 e. The number of benzene rings is 2. The predicted molar refractivity (Wildman–Crippen MR) is 119 cm³/mol. The number of carbonyl (C=O) groups is 2. The number of nitrogens with zero attached hydrogens (tertiary/aromatic N) is 3. The summed E-state index contributed by atoms with van der Waals surface area (Å²) in [5.41, 5.74) is 1.30. The van der Waals surface area contributed by atoms with Crippen LogP contribution in [0, 0.1) is 17.2 Å². The van der Waals surface area contributed by atoms with Gasteiger partial charge in [-0.3, -0.25) is 9.69 Å². The topological polar surface area (TPSA) is 120 Å². The summed E-state index contributed by atoms with van der Waals surface area (Å²) >= 11 is 0. The van der Waals surface area contributed by atoms with Gasteiger partial charge in [0.25, 0.3) is 0 Å². The van der Waals surface area contributed by atoms with Crippen molar-refractivity contribution in [1.82, 2.24) is 4.31 Å². The van der Waals surface area contributed by atoms with E-state index in [-0.39, 0.29) is 35.4 Å². The highest BCUT2D eigenvalue weighted by molar-refractivity contribution is 7.89. The van der Waals surface area contributed by atoms with Crippen LogP contribution in [0.25, 0.3) is 0 Å². The fourth-order valence-corrected chi connectivity index (χ4v) is 5.15. The van der Waals surface area contributed by atoms with Gasteiger partial charge in [-0.15, -0.1) is 0 Å². The van der Waals surface area contributed by atoms with E-state index in [1.807, 2.05) is 6.07 Å². The molecule has 9 nitrogen and oxygen atoms in total. The Labute approximate surface area is 187 Å². The number of hydrogen-bond donors (Lipinski definition) is 1. The van der Waals surface area contributed by atoms with Crippen molar-refractivity contribution in [1.29, 1.82) is 5.26 Å². The second-order valence-electron chi connectivity index (χ2n) is 7.35. The standard InChI is InChI=1S/C22H24N4O5S/c1-25(22(28)31-2)19-9-7-18(8-10-19)24-21(27)16-11-13-26(14-12-16)32(29,30)20-6-4-3-5-17(20)15-23/h3-10,16H,11-14H2,1-2H3,(H,24,27). The number of sulfonamides is 1. The third-order valence-electron chi connectivity index (χ3n) is 5.42. The van der Waals surface area contributed by atoms with Crippen LogP contribution in [0.15, 0.2) is 53.4 Å². The first-order valence-corrected chi connectivity index (χ1v) is 11.4. The molecule has 2 amide bonds. The van der Waals surface area contributed by atoms with Crippen molar-refractivity contribution >= 4 is 33.4 Å². The van der Waals surface area contributed by atoms with E-state index < -0.39 is 16.1 Å². The Morgan fingerprint density at radius 1 is 1.12 bits per heavy atom. The molecule has 0 aliphatic carbocycles. The van der Waals surface area contributed by atoms with Crippen molar-refractivity contribution in [3.8, 4) is 6.07 Å². The van der Waals surface area contributed by atoms with E-state index in [1.54, 1.807) is 43.4 Å². The SMILES string of the molecule is COC(=O)N(C)c1ccc(NC(=O)C2CCN(S(=O)(=O)c3ccccc3C#N)CC2)cc1. The van der Waals surface area contributed by atoms with Gasteiger partial charge >= 0.3 is 6.09 Å². The number of methoxy groups -OCH3 is 1. The first kappa shape index (κ1) is 23.2.